The monoisotopic (exact) mass is 822 g/mol. The molecule has 8 heteroatoms. The minimum Gasteiger partial charge on any atom is -0.387 e. The number of rotatable bonds is 43. The molecule has 0 rings (SSSR count). The summed E-state index contributed by atoms with van der Waals surface area (Å²) in [5, 5.41) is 23.5. The molecule has 1 amide bonds. The van der Waals surface area contributed by atoms with E-state index in [0.717, 1.165) is 51.4 Å². The van der Waals surface area contributed by atoms with Gasteiger partial charge in [-0.25, -0.2) is 0 Å². The zero-order valence-electron chi connectivity index (χ0n) is 37.1. The van der Waals surface area contributed by atoms with Crippen LogP contribution < -0.4 is 5.32 Å². The molecule has 0 radical (unpaired) electrons. The lowest BCUT2D eigenvalue weighted by Gasteiger charge is -2.22. The third-order valence-corrected chi connectivity index (χ3v) is 11.6. The molecule has 0 spiro atoms. The summed E-state index contributed by atoms with van der Waals surface area (Å²) in [4.78, 5) is 12.6. The lowest BCUT2D eigenvalue weighted by Crippen LogP contribution is -2.50. The Bertz CT molecular complexity index is 1100. The third kappa shape index (κ3) is 42.2. The van der Waals surface area contributed by atoms with E-state index in [9.17, 15) is 28.0 Å². The number of carbonyl (C=O) groups is 1. The second-order valence-electron chi connectivity index (χ2n) is 16.5. The number of aliphatic hydroxyl groups is 2. The Balaban J connectivity index is 4.03. The van der Waals surface area contributed by atoms with Crippen molar-refractivity contribution in [2.24, 2.45) is 0 Å². The quantitative estimate of drug-likeness (QED) is 0.0276. The molecule has 7 nitrogen and oxygen atoms in total. The lowest BCUT2D eigenvalue weighted by atomic mass is 10.0. The van der Waals surface area contributed by atoms with E-state index in [1.165, 1.54) is 154 Å². The minimum atomic E-state index is -4.46. The Labute approximate surface area is 352 Å². The van der Waals surface area contributed by atoms with Crippen molar-refractivity contribution in [3.8, 4) is 0 Å². The van der Waals surface area contributed by atoms with Crippen molar-refractivity contribution in [2.75, 3.05) is 5.75 Å². The van der Waals surface area contributed by atoms with E-state index in [1.807, 2.05) is 0 Å². The van der Waals surface area contributed by atoms with Gasteiger partial charge in [-0.05, 0) is 70.6 Å². The number of amides is 1. The molecular weight excluding hydrogens is 731 g/mol. The van der Waals surface area contributed by atoms with Gasteiger partial charge in [-0.2, -0.15) is 8.42 Å². The maximum atomic E-state index is 12.6. The first-order chi connectivity index (χ1) is 27.7. The average Bonchev–Trinajstić information content (AvgIpc) is 3.18. The molecule has 0 aromatic rings. The fraction of sp³-hybridized carbons (Fsp3) is 0.816. The van der Waals surface area contributed by atoms with Crippen LogP contribution in [-0.4, -0.2) is 53.1 Å². The van der Waals surface area contributed by atoms with E-state index in [0.29, 0.717) is 12.8 Å². The summed E-state index contributed by atoms with van der Waals surface area (Å²) in [5.74, 6) is -1.57. The second-order valence-corrected chi connectivity index (χ2v) is 18.0. The van der Waals surface area contributed by atoms with Crippen LogP contribution in [-0.2, 0) is 14.9 Å². The van der Waals surface area contributed by atoms with Gasteiger partial charge in [-0.15, -0.1) is 0 Å². The van der Waals surface area contributed by atoms with Crippen LogP contribution in [0.2, 0.25) is 0 Å². The molecule has 334 valence electrons. The summed E-state index contributed by atoms with van der Waals surface area (Å²) < 4.78 is 32.6. The van der Waals surface area contributed by atoms with Crippen LogP contribution in [0.1, 0.15) is 232 Å². The van der Waals surface area contributed by atoms with Crippen LogP contribution in [0.3, 0.4) is 0 Å². The van der Waals surface area contributed by atoms with Gasteiger partial charge in [0.15, 0.2) is 0 Å². The Morgan fingerprint density at radius 1 is 0.474 bits per heavy atom. The predicted octanol–water partition coefficient (Wildman–Crippen LogP) is 13.6. The molecule has 3 atom stereocenters. The molecule has 0 saturated carbocycles. The van der Waals surface area contributed by atoms with Crippen molar-refractivity contribution in [2.45, 2.75) is 250 Å². The van der Waals surface area contributed by atoms with Crippen LogP contribution >= 0.6 is 0 Å². The van der Waals surface area contributed by atoms with Gasteiger partial charge in [0.1, 0.15) is 6.10 Å². The summed E-state index contributed by atoms with van der Waals surface area (Å²) >= 11 is 0. The number of nitrogens with one attached hydrogen (secondary N) is 1. The number of aliphatic hydroxyl groups excluding tert-OH is 2. The van der Waals surface area contributed by atoms with Gasteiger partial charge >= 0.3 is 0 Å². The molecule has 0 aromatic heterocycles. The van der Waals surface area contributed by atoms with E-state index in [-0.39, 0.29) is 6.42 Å². The number of carbonyl (C=O) groups excluding carboxylic acids is 1. The molecular formula is C49H91NO6S. The smallest absolute Gasteiger partial charge is 0.267 e. The summed E-state index contributed by atoms with van der Waals surface area (Å²) in [7, 11) is -4.46. The first-order valence-corrected chi connectivity index (χ1v) is 25.6. The third-order valence-electron chi connectivity index (χ3n) is 10.8. The van der Waals surface area contributed by atoms with Crippen molar-refractivity contribution in [3.63, 3.8) is 0 Å². The van der Waals surface area contributed by atoms with Crippen LogP contribution in [0, 0.1) is 0 Å². The molecule has 0 saturated heterocycles. The average molecular weight is 822 g/mol. The number of unbranched alkanes of at least 4 members (excludes halogenated alkanes) is 28. The highest BCUT2D eigenvalue weighted by atomic mass is 32.2. The van der Waals surface area contributed by atoms with Gasteiger partial charge in [0.2, 0.25) is 5.91 Å². The highest BCUT2D eigenvalue weighted by molar-refractivity contribution is 7.85. The molecule has 0 heterocycles. The molecule has 0 fully saturated rings. The number of hydrogen-bond acceptors (Lipinski definition) is 5. The Morgan fingerprint density at radius 3 is 1.16 bits per heavy atom. The zero-order valence-corrected chi connectivity index (χ0v) is 37.9. The largest absolute Gasteiger partial charge is 0.387 e. The summed E-state index contributed by atoms with van der Waals surface area (Å²) in [6, 6.07) is -1.26. The van der Waals surface area contributed by atoms with Gasteiger partial charge in [0.05, 0.1) is 17.9 Å². The lowest BCUT2D eigenvalue weighted by molar-refractivity contribution is -0.130. The molecule has 4 N–H and O–H groups in total. The molecule has 57 heavy (non-hydrogen) atoms. The van der Waals surface area contributed by atoms with E-state index in [1.54, 1.807) is 6.08 Å². The van der Waals surface area contributed by atoms with Crippen LogP contribution in [0.5, 0.6) is 0 Å². The van der Waals surface area contributed by atoms with E-state index >= 15 is 0 Å². The fourth-order valence-corrected chi connectivity index (χ4v) is 7.86. The summed E-state index contributed by atoms with van der Waals surface area (Å²) in [6.45, 7) is 4.53. The predicted molar refractivity (Wildman–Crippen MR) is 245 cm³/mol. The number of hydrogen-bond donors (Lipinski definition) is 4. The summed E-state index contributed by atoms with van der Waals surface area (Å²) in [6.07, 6.45) is 54.6. The highest BCUT2D eigenvalue weighted by Crippen LogP contribution is 2.15. The first-order valence-electron chi connectivity index (χ1n) is 23.9. The maximum absolute atomic E-state index is 12.6. The van der Waals surface area contributed by atoms with Crippen molar-refractivity contribution in [1.82, 2.24) is 5.32 Å². The van der Waals surface area contributed by atoms with E-state index in [4.69, 9.17) is 0 Å². The van der Waals surface area contributed by atoms with Gasteiger partial charge < -0.3 is 15.5 Å². The van der Waals surface area contributed by atoms with Gasteiger partial charge in [0.25, 0.3) is 10.1 Å². The topological polar surface area (TPSA) is 124 Å². The van der Waals surface area contributed by atoms with E-state index < -0.39 is 40.0 Å². The van der Waals surface area contributed by atoms with Crippen molar-refractivity contribution >= 4 is 16.0 Å². The standard InChI is InChI=1S/C49H91NO6S/c1-3-5-7-9-11-13-15-17-19-21-23-25-27-29-31-33-35-37-39-41-43-47(51)46(45-57(54,55)56)50-49(53)48(52)44-42-40-38-36-34-32-30-28-26-24-22-20-18-16-14-12-10-8-6-4-2/h25-28,33,35,41,43,46-48,51-52H,3-24,29-32,34,36-40,42,44-45H2,1-2H3,(H,50,53)(H,54,55,56)/b27-25+,28-26-,35-33+,43-41+. The van der Waals surface area contributed by atoms with Gasteiger partial charge in [-0.1, -0.05) is 210 Å². The van der Waals surface area contributed by atoms with Crippen LogP contribution in [0.25, 0.3) is 0 Å². The van der Waals surface area contributed by atoms with Crippen LogP contribution in [0.4, 0.5) is 0 Å². The Hall–Kier alpha value is -1.74. The fourth-order valence-electron chi connectivity index (χ4n) is 7.13. The molecule has 0 aliphatic carbocycles. The minimum absolute atomic E-state index is 0.263. The normalized spacial score (nSPS) is 14.1. The zero-order chi connectivity index (χ0) is 41.9. The van der Waals surface area contributed by atoms with Crippen molar-refractivity contribution < 1.29 is 28.0 Å². The Morgan fingerprint density at radius 2 is 0.789 bits per heavy atom. The Kier molecular flexibility index (Phi) is 41.1. The van der Waals surface area contributed by atoms with Gasteiger partial charge in [0, 0.05) is 0 Å². The van der Waals surface area contributed by atoms with E-state index in [2.05, 4.69) is 55.6 Å². The maximum Gasteiger partial charge on any atom is 0.267 e. The first kappa shape index (κ1) is 55.3. The van der Waals surface area contributed by atoms with Crippen molar-refractivity contribution in [3.05, 3.63) is 48.6 Å². The van der Waals surface area contributed by atoms with Crippen LogP contribution in [0.15, 0.2) is 48.6 Å². The second kappa shape index (κ2) is 42.4. The highest BCUT2D eigenvalue weighted by Gasteiger charge is 2.27. The van der Waals surface area contributed by atoms with Crippen molar-refractivity contribution in [1.29, 1.82) is 0 Å². The molecule has 0 bridgehead atoms. The SMILES string of the molecule is CCCCCCCCCCCC/C=C\CCCCCCCCC(O)C(=O)NC(CS(=O)(=O)O)C(O)/C=C/CC/C=C/CC/C=C/CCCCCCCCCCCC. The molecule has 0 aliphatic rings. The number of allylic oxidation sites excluding steroid dienone is 7. The summed E-state index contributed by atoms with van der Waals surface area (Å²) in [5.41, 5.74) is 0. The van der Waals surface area contributed by atoms with Gasteiger partial charge in [-0.3, -0.25) is 9.35 Å². The molecule has 3 unspecified atom stereocenters. The molecule has 0 aromatic carbocycles. The molecule has 0 aliphatic heterocycles.